The van der Waals surface area contributed by atoms with Gasteiger partial charge >= 0.3 is 5.97 Å². The Kier molecular flexibility index (Phi) is 5.75. The van der Waals surface area contributed by atoms with Crippen molar-refractivity contribution in [2.45, 2.75) is 39.0 Å². The summed E-state index contributed by atoms with van der Waals surface area (Å²) >= 11 is 0. The zero-order valence-corrected chi connectivity index (χ0v) is 19.3. The zero-order chi connectivity index (χ0) is 23.7. The minimum Gasteiger partial charge on any atom is -0.458 e. The monoisotopic (exact) mass is 454 g/mol. The third-order valence-corrected chi connectivity index (χ3v) is 6.43. The molecule has 0 aliphatic carbocycles. The van der Waals surface area contributed by atoms with Gasteiger partial charge in [0.05, 0.1) is 35.6 Å². The molecule has 0 saturated heterocycles. The van der Waals surface area contributed by atoms with Gasteiger partial charge in [0.15, 0.2) is 5.60 Å². The van der Waals surface area contributed by atoms with Crippen molar-refractivity contribution in [1.29, 1.82) is 0 Å². The Morgan fingerprint density at radius 2 is 1.94 bits per heavy atom. The molecule has 34 heavy (non-hydrogen) atoms. The van der Waals surface area contributed by atoms with Gasteiger partial charge in [0.2, 0.25) is 0 Å². The molecule has 2 aromatic carbocycles. The van der Waals surface area contributed by atoms with E-state index in [2.05, 4.69) is 6.07 Å². The molecular formula is C28H26N2O4. The summed E-state index contributed by atoms with van der Waals surface area (Å²) in [5.41, 5.74) is 3.51. The molecule has 3 heterocycles. The highest BCUT2D eigenvalue weighted by Gasteiger charge is 2.43. The number of carbonyl (C=O) groups is 2. The summed E-state index contributed by atoms with van der Waals surface area (Å²) in [6, 6.07) is 19.6. The fourth-order valence-electron chi connectivity index (χ4n) is 4.54. The van der Waals surface area contributed by atoms with Crippen LogP contribution in [0, 0.1) is 0 Å². The van der Waals surface area contributed by atoms with E-state index in [9.17, 15) is 9.59 Å². The lowest BCUT2D eigenvalue weighted by Crippen LogP contribution is -2.46. The van der Waals surface area contributed by atoms with Crippen molar-refractivity contribution in [2.75, 3.05) is 6.61 Å². The molecule has 0 fully saturated rings. The number of nitrogens with zero attached hydrogens (tertiary/aromatic N) is 2. The minimum atomic E-state index is -1.30. The second-order valence-corrected chi connectivity index (χ2v) is 8.52. The van der Waals surface area contributed by atoms with Gasteiger partial charge in [0.25, 0.3) is 5.91 Å². The highest BCUT2D eigenvalue weighted by molar-refractivity contribution is 6.03. The maximum Gasteiger partial charge on any atom is 0.342 e. The van der Waals surface area contributed by atoms with Crippen LogP contribution in [0.5, 0.6) is 0 Å². The van der Waals surface area contributed by atoms with E-state index in [0.29, 0.717) is 18.5 Å². The predicted octanol–water partition coefficient (Wildman–Crippen LogP) is 4.79. The second-order valence-electron chi connectivity index (χ2n) is 8.52. The van der Waals surface area contributed by atoms with Crippen molar-refractivity contribution in [3.05, 3.63) is 95.2 Å². The number of aromatic nitrogens is 1. The van der Waals surface area contributed by atoms with E-state index in [1.165, 1.54) is 0 Å². The molecule has 5 rings (SSSR count). The third kappa shape index (κ3) is 3.80. The van der Waals surface area contributed by atoms with Gasteiger partial charge in [-0.1, -0.05) is 61.5 Å². The Hall–Kier alpha value is -3.77. The Morgan fingerprint density at radius 1 is 1.18 bits per heavy atom. The number of amides is 1. The third-order valence-electron chi connectivity index (χ3n) is 6.43. The van der Waals surface area contributed by atoms with E-state index in [0.717, 1.165) is 33.4 Å². The van der Waals surface area contributed by atoms with Crippen molar-refractivity contribution in [3.8, 4) is 0 Å². The number of fused-ring (bicyclic) bond motifs is 2. The number of carbonyl (C=O) groups excluding carboxylic acids is 2. The van der Waals surface area contributed by atoms with Gasteiger partial charge < -0.3 is 14.4 Å². The average Bonchev–Trinajstić information content (AvgIpc) is 3.24. The molecule has 1 aromatic heterocycles. The maximum absolute atomic E-state index is 13.7. The van der Waals surface area contributed by atoms with E-state index in [1.807, 2.05) is 74.5 Å². The van der Waals surface area contributed by atoms with E-state index in [1.54, 1.807) is 11.0 Å². The van der Waals surface area contributed by atoms with Crippen LogP contribution in [0.2, 0.25) is 0 Å². The molecular weight excluding hydrogens is 428 g/mol. The van der Waals surface area contributed by atoms with E-state index in [-0.39, 0.29) is 19.1 Å². The van der Waals surface area contributed by atoms with E-state index < -0.39 is 11.6 Å². The SMILES string of the molecule is C/C=C1\c2nc3ccccc3cc2CN1C(=O)C1=CC(CC)(OCc2ccccc2)C(=O)OC1. The van der Waals surface area contributed by atoms with Gasteiger partial charge in [-0.05, 0) is 37.1 Å². The Bertz CT molecular complexity index is 1330. The van der Waals surface area contributed by atoms with Crippen molar-refractivity contribution in [3.63, 3.8) is 0 Å². The second kappa shape index (κ2) is 8.88. The van der Waals surface area contributed by atoms with Crippen molar-refractivity contribution in [2.24, 2.45) is 0 Å². The lowest BCUT2D eigenvalue weighted by Gasteiger charge is -2.33. The molecule has 2 aliphatic heterocycles. The predicted molar refractivity (Wildman–Crippen MR) is 129 cm³/mol. The first-order valence-corrected chi connectivity index (χ1v) is 11.5. The highest BCUT2D eigenvalue weighted by Crippen LogP contribution is 2.36. The first-order chi connectivity index (χ1) is 16.5. The van der Waals surface area contributed by atoms with Gasteiger partial charge in [-0.2, -0.15) is 0 Å². The topological polar surface area (TPSA) is 68.7 Å². The number of rotatable bonds is 5. The lowest BCUT2D eigenvalue weighted by atomic mass is 9.94. The van der Waals surface area contributed by atoms with E-state index in [4.69, 9.17) is 14.5 Å². The minimum absolute atomic E-state index is 0.0760. The normalized spacial score (nSPS) is 20.9. The standard InChI is InChI=1S/C28H26N2O4/c1-3-24-25-21(14-20-12-8-9-13-23(20)29-25)16-30(24)26(31)22-15-28(4-2,27(32)33-18-22)34-17-19-10-6-5-7-11-19/h3,5-15H,4,16-18H2,1-2H3/b24-3+. The van der Waals surface area contributed by atoms with Gasteiger partial charge in [-0.15, -0.1) is 0 Å². The van der Waals surface area contributed by atoms with Gasteiger partial charge in [0.1, 0.15) is 6.61 Å². The summed E-state index contributed by atoms with van der Waals surface area (Å²) in [5, 5.41) is 1.04. The maximum atomic E-state index is 13.7. The molecule has 0 spiro atoms. The smallest absolute Gasteiger partial charge is 0.342 e. The fourth-order valence-corrected chi connectivity index (χ4v) is 4.54. The largest absolute Gasteiger partial charge is 0.458 e. The molecule has 1 unspecified atom stereocenters. The number of allylic oxidation sites excluding steroid dienone is 1. The first kappa shape index (κ1) is 22.0. The van der Waals surface area contributed by atoms with Crippen LogP contribution in [0.1, 0.15) is 37.1 Å². The number of benzene rings is 2. The van der Waals surface area contributed by atoms with Crippen molar-refractivity contribution < 1.29 is 19.1 Å². The number of hydrogen-bond donors (Lipinski definition) is 0. The summed E-state index contributed by atoms with van der Waals surface area (Å²) in [5.74, 6) is -0.671. The van der Waals surface area contributed by atoms with E-state index >= 15 is 0 Å². The number of cyclic esters (lactones) is 1. The van der Waals surface area contributed by atoms with Crippen LogP contribution in [0.15, 0.2) is 78.4 Å². The number of para-hydroxylation sites is 1. The number of ether oxygens (including phenoxy) is 2. The molecule has 0 saturated carbocycles. The van der Waals surface area contributed by atoms with Crippen LogP contribution in [0.4, 0.5) is 0 Å². The molecule has 172 valence electrons. The molecule has 0 radical (unpaired) electrons. The first-order valence-electron chi connectivity index (χ1n) is 11.5. The quantitative estimate of drug-likeness (QED) is 0.519. The van der Waals surface area contributed by atoms with Crippen LogP contribution in [0.25, 0.3) is 16.6 Å². The molecule has 0 bridgehead atoms. The molecule has 6 heteroatoms. The molecule has 0 N–H and O–H groups in total. The van der Waals surface area contributed by atoms with Crippen molar-refractivity contribution in [1.82, 2.24) is 9.88 Å². The fraction of sp³-hybridized carbons (Fsp3) is 0.250. The van der Waals surface area contributed by atoms with Crippen LogP contribution < -0.4 is 0 Å². The summed E-state index contributed by atoms with van der Waals surface area (Å²) in [6.07, 6.45) is 3.92. The molecule has 1 amide bonds. The number of esters is 1. The van der Waals surface area contributed by atoms with Crippen LogP contribution in [-0.2, 0) is 32.2 Å². The average molecular weight is 455 g/mol. The summed E-state index contributed by atoms with van der Waals surface area (Å²) in [7, 11) is 0. The number of pyridine rings is 1. The Balaban J connectivity index is 1.44. The van der Waals surface area contributed by atoms with Gasteiger partial charge in [-0.3, -0.25) is 4.79 Å². The van der Waals surface area contributed by atoms with Crippen LogP contribution >= 0.6 is 0 Å². The summed E-state index contributed by atoms with van der Waals surface area (Å²) in [6.45, 7) is 4.34. The van der Waals surface area contributed by atoms with Crippen LogP contribution in [0.3, 0.4) is 0 Å². The highest BCUT2D eigenvalue weighted by atomic mass is 16.6. The summed E-state index contributed by atoms with van der Waals surface area (Å²) in [4.78, 5) is 32.9. The molecule has 6 nitrogen and oxygen atoms in total. The number of hydrogen-bond acceptors (Lipinski definition) is 5. The van der Waals surface area contributed by atoms with Gasteiger partial charge in [0, 0.05) is 10.9 Å². The summed E-state index contributed by atoms with van der Waals surface area (Å²) < 4.78 is 11.5. The Morgan fingerprint density at radius 3 is 2.71 bits per heavy atom. The lowest BCUT2D eigenvalue weighted by molar-refractivity contribution is -0.170. The van der Waals surface area contributed by atoms with Crippen molar-refractivity contribution >= 4 is 28.5 Å². The Labute approximate surface area is 198 Å². The molecule has 1 atom stereocenters. The zero-order valence-electron chi connectivity index (χ0n) is 19.3. The molecule has 2 aliphatic rings. The molecule has 3 aromatic rings. The van der Waals surface area contributed by atoms with Crippen LogP contribution in [-0.4, -0.2) is 34.0 Å². The van der Waals surface area contributed by atoms with Gasteiger partial charge in [-0.25, -0.2) is 9.78 Å².